The van der Waals surface area contributed by atoms with Crippen LogP contribution in [-0.4, -0.2) is 60.1 Å². The lowest BCUT2D eigenvalue weighted by molar-refractivity contribution is 0.0112. The van der Waals surface area contributed by atoms with Gasteiger partial charge >= 0.3 is 0 Å². The zero-order valence-electron chi connectivity index (χ0n) is 13.9. The molecule has 0 aromatic heterocycles. The van der Waals surface area contributed by atoms with Crippen molar-refractivity contribution in [2.45, 2.75) is 76.5 Å². The maximum atomic E-state index is 3.88. The van der Waals surface area contributed by atoms with Crippen molar-refractivity contribution in [3.8, 4) is 0 Å². The summed E-state index contributed by atoms with van der Waals surface area (Å²) in [5.41, 5.74) is 0. The molecule has 3 heteroatoms. The molecule has 4 aliphatic rings. The molecule has 4 fully saturated rings. The Morgan fingerprint density at radius 1 is 1.00 bits per heavy atom. The van der Waals surface area contributed by atoms with Gasteiger partial charge in [0.05, 0.1) is 0 Å². The quantitative estimate of drug-likeness (QED) is 0.861. The van der Waals surface area contributed by atoms with Gasteiger partial charge in [0.15, 0.2) is 0 Å². The van der Waals surface area contributed by atoms with E-state index in [-0.39, 0.29) is 0 Å². The van der Waals surface area contributed by atoms with Crippen LogP contribution in [0.5, 0.6) is 0 Å². The molecule has 4 atom stereocenters. The summed E-state index contributed by atoms with van der Waals surface area (Å²) in [5.74, 6) is 1.77. The zero-order chi connectivity index (χ0) is 14.4. The van der Waals surface area contributed by atoms with E-state index in [1.54, 1.807) is 0 Å². The number of piperazine rings is 1. The molecule has 1 saturated carbocycles. The van der Waals surface area contributed by atoms with Crippen LogP contribution < -0.4 is 5.32 Å². The third kappa shape index (κ3) is 2.89. The number of fused-ring (bicyclic) bond motifs is 1. The molecule has 4 rings (SSSR count). The number of hydrogen-bond acceptors (Lipinski definition) is 3. The summed E-state index contributed by atoms with van der Waals surface area (Å²) in [5, 5.41) is 3.88. The molecule has 0 amide bonds. The molecule has 0 radical (unpaired) electrons. The highest BCUT2D eigenvalue weighted by Gasteiger charge is 2.42. The Kier molecular flexibility index (Phi) is 4.01. The monoisotopic (exact) mass is 291 g/mol. The first kappa shape index (κ1) is 14.5. The second-order valence-electron chi connectivity index (χ2n) is 8.37. The third-order valence-corrected chi connectivity index (χ3v) is 6.65. The van der Waals surface area contributed by atoms with Crippen molar-refractivity contribution in [1.29, 1.82) is 0 Å². The SMILES string of the molecule is CC(C)C1CNC(C2CC2)CN1C1CCN2CCCC2C1. The van der Waals surface area contributed by atoms with Crippen LogP contribution >= 0.6 is 0 Å². The minimum absolute atomic E-state index is 0.762. The molecule has 0 aromatic carbocycles. The largest absolute Gasteiger partial charge is 0.311 e. The first-order valence-corrected chi connectivity index (χ1v) is 9.45. The number of nitrogens with zero attached hydrogens (tertiary/aromatic N) is 2. The molecule has 120 valence electrons. The van der Waals surface area contributed by atoms with Gasteiger partial charge in [-0.25, -0.2) is 0 Å². The average Bonchev–Trinajstić information content (AvgIpc) is 3.24. The summed E-state index contributed by atoms with van der Waals surface area (Å²) in [6.07, 6.45) is 8.70. The molecule has 1 N–H and O–H groups in total. The molecule has 3 nitrogen and oxygen atoms in total. The summed E-state index contributed by atoms with van der Waals surface area (Å²) in [4.78, 5) is 5.71. The lowest BCUT2D eigenvalue weighted by Crippen LogP contribution is -2.63. The first-order valence-electron chi connectivity index (χ1n) is 9.45. The zero-order valence-corrected chi connectivity index (χ0v) is 13.9. The second-order valence-corrected chi connectivity index (χ2v) is 8.37. The lowest BCUT2D eigenvalue weighted by atomic mass is 9.89. The van der Waals surface area contributed by atoms with Gasteiger partial charge in [0, 0.05) is 37.3 Å². The fourth-order valence-corrected chi connectivity index (χ4v) is 5.17. The maximum absolute atomic E-state index is 3.88. The van der Waals surface area contributed by atoms with Crippen LogP contribution in [0.2, 0.25) is 0 Å². The van der Waals surface area contributed by atoms with Crippen LogP contribution in [-0.2, 0) is 0 Å². The smallest absolute Gasteiger partial charge is 0.0247 e. The van der Waals surface area contributed by atoms with E-state index < -0.39 is 0 Å². The molecule has 3 heterocycles. The van der Waals surface area contributed by atoms with Gasteiger partial charge in [-0.15, -0.1) is 0 Å². The van der Waals surface area contributed by atoms with Crippen molar-refractivity contribution < 1.29 is 0 Å². The molecule has 0 bridgehead atoms. The van der Waals surface area contributed by atoms with Crippen molar-refractivity contribution in [2.24, 2.45) is 11.8 Å². The molecule has 4 unspecified atom stereocenters. The topological polar surface area (TPSA) is 18.5 Å². The van der Waals surface area contributed by atoms with Gasteiger partial charge in [0.25, 0.3) is 0 Å². The van der Waals surface area contributed by atoms with Crippen molar-refractivity contribution >= 4 is 0 Å². The maximum Gasteiger partial charge on any atom is 0.0247 e. The Bertz CT molecular complexity index is 365. The van der Waals surface area contributed by atoms with Crippen molar-refractivity contribution in [1.82, 2.24) is 15.1 Å². The standard InChI is InChI=1S/C18H33N3/c1-13(2)18-11-19-17(14-5-6-14)12-21(18)16-7-9-20-8-3-4-15(20)10-16/h13-19H,3-12H2,1-2H3. The fourth-order valence-electron chi connectivity index (χ4n) is 5.17. The van der Waals surface area contributed by atoms with Gasteiger partial charge in [-0.2, -0.15) is 0 Å². The molecule has 21 heavy (non-hydrogen) atoms. The van der Waals surface area contributed by atoms with E-state index >= 15 is 0 Å². The number of piperidine rings is 1. The van der Waals surface area contributed by atoms with E-state index in [9.17, 15) is 0 Å². The summed E-state index contributed by atoms with van der Waals surface area (Å²) in [6.45, 7) is 10.1. The lowest BCUT2D eigenvalue weighted by Gasteiger charge is -2.49. The minimum atomic E-state index is 0.762. The van der Waals surface area contributed by atoms with Gasteiger partial charge in [0.1, 0.15) is 0 Å². The summed E-state index contributed by atoms with van der Waals surface area (Å²) < 4.78 is 0. The van der Waals surface area contributed by atoms with Crippen molar-refractivity contribution in [2.75, 3.05) is 26.2 Å². The minimum Gasteiger partial charge on any atom is -0.311 e. The fraction of sp³-hybridized carbons (Fsp3) is 1.00. The highest BCUT2D eigenvalue weighted by molar-refractivity contribution is 4.99. The van der Waals surface area contributed by atoms with E-state index in [2.05, 4.69) is 29.0 Å². The summed E-state index contributed by atoms with van der Waals surface area (Å²) in [6, 6.07) is 3.32. The molecule has 1 aliphatic carbocycles. The Labute approximate surface area is 130 Å². The van der Waals surface area contributed by atoms with E-state index in [4.69, 9.17) is 0 Å². The number of rotatable bonds is 3. The van der Waals surface area contributed by atoms with Gasteiger partial charge in [0.2, 0.25) is 0 Å². The van der Waals surface area contributed by atoms with Gasteiger partial charge in [-0.1, -0.05) is 13.8 Å². The van der Waals surface area contributed by atoms with E-state index in [0.29, 0.717) is 0 Å². The Hall–Kier alpha value is -0.120. The number of nitrogens with one attached hydrogen (secondary N) is 1. The van der Waals surface area contributed by atoms with E-state index in [1.165, 1.54) is 64.7 Å². The van der Waals surface area contributed by atoms with Crippen molar-refractivity contribution in [3.63, 3.8) is 0 Å². The highest BCUT2D eigenvalue weighted by Crippen LogP contribution is 2.37. The predicted molar refractivity (Wildman–Crippen MR) is 87.5 cm³/mol. The Morgan fingerprint density at radius 3 is 2.62 bits per heavy atom. The summed E-state index contributed by atoms with van der Waals surface area (Å²) >= 11 is 0. The molecule has 3 saturated heterocycles. The van der Waals surface area contributed by atoms with Crippen molar-refractivity contribution in [3.05, 3.63) is 0 Å². The predicted octanol–water partition coefficient (Wildman–Crippen LogP) is 2.32. The molecular formula is C18H33N3. The normalized spacial score (nSPS) is 42.4. The summed E-state index contributed by atoms with van der Waals surface area (Å²) in [7, 11) is 0. The van der Waals surface area contributed by atoms with Gasteiger partial charge in [-0.3, -0.25) is 4.90 Å². The highest BCUT2D eigenvalue weighted by atomic mass is 15.3. The Morgan fingerprint density at radius 2 is 1.86 bits per heavy atom. The van der Waals surface area contributed by atoms with Crippen LogP contribution in [0.15, 0.2) is 0 Å². The molecule has 0 aromatic rings. The third-order valence-electron chi connectivity index (χ3n) is 6.65. The van der Waals surface area contributed by atoms with Crippen LogP contribution in [0.1, 0.15) is 52.4 Å². The first-order chi connectivity index (χ1) is 10.2. The van der Waals surface area contributed by atoms with Gasteiger partial charge in [-0.05, 0) is 63.5 Å². The van der Waals surface area contributed by atoms with Crippen LogP contribution in [0, 0.1) is 11.8 Å². The van der Waals surface area contributed by atoms with E-state index in [1.807, 2.05) is 0 Å². The van der Waals surface area contributed by atoms with Crippen LogP contribution in [0.3, 0.4) is 0 Å². The van der Waals surface area contributed by atoms with Crippen LogP contribution in [0.25, 0.3) is 0 Å². The Balaban J connectivity index is 1.46. The van der Waals surface area contributed by atoms with Crippen LogP contribution in [0.4, 0.5) is 0 Å². The van der Waals surface area contributed by atoms with E-state index in [0.717, 1.165) is 36.0 Å². The second kappa shape index (κ2) is 5.82. The molecule has 0 spiro atoms. The van der Waals surface area contributed by atoms with Gasteiger partial charge < -0.3 is 10.2 Å². The molecular weight excluding hydrogens is 258 g/mol. The average molecular weight is 291 g/mol. The number of hydrogen-bond donors (Lipinski definition) is 1. The molecule has 3 aliphatic heterocycles.